The number of hydrogen-bond donors (Lipinski definition) is 1. The fourth-order valence-corrected chi connectivity index (χ4v) is 3.99. The van der Waals surface area contributed by atoms with Gasteiger partial charge in [-0.05, 0) is 49.0 Å². The van der Waals surface area contributed by atoms with Crippen molar-refractivity contribution < 1.29 is 9.53 Å². The lowest BCUT2D eigenvalue weighted by atomic mass is 10.1. The van der Waals surface area contributed by atoms with E-state index in [0.29, 0.717) is 41.9 Å². The van der Waals surface area contributed by atoms with E-state index in [4.69, 9.17) is 28.6 Å². The van der Waals surface area contributed by atoms with Crippen molar-refractivity contribution in [2.24, 2.45) is 0 Å². The molecule has 1 N–H and O–H groups in total. The molecule has 0 saturated carbocycles. The van der Waals surface area contributed by atoms with Crippen LogP contribution < -0.4 is 5.32 Å². The highest BCUT2D eigenvalue weighted by molar-refractivity contribution is 7.80. The zero-order valence-corrected chi connectivity index (χ0v) is 18.7. The Morgan fingerprint density at radius 3 is 2.65 bits per heavy atom. The molecule has 0 spiro atoms. The lowest BCUT2D eigenvalue weighted by Crippen LogP contribution is -2.42. The highest BCUT2D eigenvalue weighted by Gasteiger charge is 2.30. The molecule has 160 valence electrons. The molecule has 1 aliphatic rings. The van der Waals surface area contributed by atoms with E-state index >= 15 is 0 Å². The van der Waals surface area contributed by atoms with E-state index in [0.717, 1.165) is 29.1 Å². The second kappa shape index (κ2) is 9.49. The maximum Gasteiger partial charge on any atom is 0.359 e. The van der Waals surface area contributed by atoms with E-state index in [9.17, 15) is 4.79 Å². The van der Waals surface area contributed by atoms with Crippen molar-refractivity contribution in [3.63, 3.8) is 0 Å². The zero-order chi connectivity index (χ0) is 21.8. The molecule has 0 saturated heterocycles. The maximum atomic E-state index is 12.6. The first kappa shape index (κ1) is 21.3. The third-order valence-electron chi connectivity index (χ3n) is 5.17. The number of aromatic nitrogens is 2. The Hall–Kier alpha value is -2.90. The number of halogens is 1. The van der Waals surface area contributed by atoms with Crippen molar-refractivity contribution in [3.05, 3.63) is 82.1 Å². The van der Waals surface area contributed by atoms with Crippen molar-refractivity contribution in [3.8, 4) is 5.69 Å². The molecule has 0 bridgehead atoms. The Morgan fingerprint density at radius 1 is 1.19 bits per heavy atom. The summed E-state index contributed by atoms with van der Waals surface area (Å²) in [5, 5.41) is 9.23. The summed E-state index contributed by atoms with van der Waals surface area (Å²) in [6.45, 7) is 3.96. The highest BCUT2D eigenvalue weighted by atomic mass is 35.5. The fourth-order valence-electron chi connectivity index (χ4n) is 3.64. The van der Waals surface area contributed by atoms with Gasteiger partial charge in [-0.15, -0.1) is 0 Å². The van der Waals surface area contributed by atoms with Gasteiger partial charge >= 0.3 is 5.97 Å². The fraction of sp³-hybridized carbons (Fsp3) is 0.261. The number of nitrogens with zero attached hydrogens (tertiary/aromatic N) is 3. The Bertz CT molecular complexity index is 1080. The van der Waals surface area contributed by atoms with Gasteiger partial charge in [-0.2, -0.15) is 5.10 Å². The minimum absolute atomic E-state index is 0.294. The summed E-state index contributed by atoms with van der Waals surface area (Å²) >= 11 is 11.7. The van der Waals surface area contributed by atoms with E-state index in [2.05, 4.69) is 27.4 Å². The number of benzene rings is 2. The van der Waals surface area contributed by atoms with Crippen LogP contribution in [0, 0.1) is 0 Å². The molecule has 4 rings (SSSR count). The van der Waals surface area contributed by atoms with Crippen LogP contribution >= 0.6 is 23.8 Å². The van der Waals surface area contributed by atoms with Crippen LogP contribution in [-0.2, 0) is 24.2 Å². The molecule has 8 heteroatoms. The molecule has 0 atom stereocenters. The minimum Gasteiger partial charge on any atom is -0.461 e. The van der Waals surface area contributed by atoms with Crippen LogP contribution in [0.1, 0.15) is 34.2 Å². The summed E-state index contributed by atoms with van der Waals surface area (Å²) in [5.74, 6) is -0.420. The first-order chi connectivity index (χ1) is 15.1. The second-order valence-electron chi connectivity index (χ2n) is 7.20. The smallest absolute Gasteiger partial charge is 0.359 e. The molecule has 6 nitrogen and oxygen atoms in total. The summed E-state index contributed by atoms with van der Waals surface area (Å²) in [7, 11) is 0. The number of nitrogens with one attached hydrogen (secondary N) is 1. The maximum absolute atomic E-state index is 12.6. The SMILES string of the molecule is CCOC(=O)c1nn(-c2ccc(Cl)cc2)c2c1CN(C(=S)NCc1ccccc1)CC2. The van der Waals surface area contributed by atoms with Crippen LogP contribution in [0.3, 0.4) is 0 Å². The Morgan fingerprint density at radius 2 is 1.94 bits per heavy atom. The van der Waals surface area contributed by atoms with Crippen molar-refractivity contribution >= 4 is 34.9 Å². The molecule has 0 aliphatic carbocycles. The Kier molecular flexibility index (Phi) is 6.53. The molecule has 0 amide bonds. The summed E-state index contributed by atoms with van der Waals surface area (Å²) in [6.07, 6.45) is 0.706. The van der Waals surface area contributed by atoms with Gasteiger partial charge in [-0.3, -0.25) is 0 Å². The first-order valence-electron chi connectivity index (χ1n) is 10.2. The van der Waals surface area contributed by atoms with Crippen LogP contribution in [0.15, 0.2) is 54.6 Å². The number of thiocarbonyl (C=S) groups is 1. The molecule has 31 heavy (non-hydrogen) atoms. The molecule has 0 unspecified atom stereocenters. The quantitative estimate of drug-likeness (QED) is 0.462. The van der Waals surface area contributed by atoms with Crippen LogP contribution in [0.25, 0.3) is 5.69 Å². The average Bonchev–Trinajstić information content (AvgIpc) is 3.18. The van der Waals surface area contributed by atoms with Gasteiger partial charge in [0.25, 0.3) is 0 Å². The normalized spacial score (nSPS) is 12.9. The number of rotatable bonds is 5. The van der Waals surface area contributed by atoms with Gasteiger partial charge < -0.3 is 15.0 Å². The molecule has 1 aliphatic heterocycles. The predicted molar refractivity (Wildman–Crippen MR) is 125 cm³/mol. The first-order valence-corrected chi connectivity index (χ1v) is 11.0. The van der Waals surface area contributed by atoms with Crippen LogP contribution in [0.4, 0.5) is 0 Å². The number of hydrogen-bond acceptors (Lipinski definition) is 4. The summed E-state index contributed by atoms with van der Waals surface area (Å²) < 4.78 is 7.08. The third kappa shape index (κ3) is 4.73. The van der Waals surface area contributed by atoms with Gasteiger partial charge in [-0.1, -0.05) is 41.9 Å². The number of fused-ring (bicyclic) bond motifs is 1. The lowest BCUT2D eigenvalue weighted by molar-refractivity contribution is 0.0517. The summed E-state index contributed by atoms with van der Waals surface area (Å²) in [5.41, 5.74) is 4.19. The summed E-state index contributed by atoms with van der Waals surface area (Å²) in [6, 6.07) is 17.5. The molecule has 1 aromatic heterocycles. The largest absolute Gasteiger partial charge is 0.461 e. The zero-order valence-electron chi connectivity index (χ0n) is 17.2. The van der Waals surface area contributed by atoms with E-state index < -0.39 is 5.97 Å². The molecule has 0 radical (unpaired) electrons. The monoisotopic (exact) mass is 454 g/mol. The van der Waals surface area contributed by atoms with Gasteiger partial charge in [0.15, 0.2) is 10.8 Å². The van der Waals surface area contributed by atoms with E-state index in [1.54, 1.807) is 6.92 Å². The molecule has 3 aromatic rings. The molecular formula is C23H23ClN4O2S. The number of esters is 1. The lowest BCUT2D eigenvalue weighted by Gasteiger charge is -2.30. The van der Waals surface area contributed by atoms with Gasteiger partial charge in [-0.25, -0.2) is 9.48 Å². The predicted octanol–water partition coefficient (Wildman–Crippen LogP) is 4.14. The molecule has 2 aromatic carbocycles. The Labute approximate surface area is 191 Å². The topological polar surface area (TPSA) is 59.4 Å². The molecule has 0 fully saturated rings. The van der Waals surface area contributed by atoms with Crippen LogP contribution in [-0.4, -0.2) is 38.9 Å². The average molecular weight is 455 g/mol. The standard InChI is InChI=1S/C23H23ClN4O2S/c1-2-30-22(29)21-19-15-27(23(31)25-14-16-6-4-3-5-7-16)13-12-20(19)28(26-21)18-10-8-17(24)9-11-18/h3-11H,2,12-15H2,1H3,(H,25,31). The van der Waals surface area contributed by atoms with Gasteiger partial charge in [0.2, 0.25) is 0 Å². The highest BCUT2D eigenvalue weighted by Crippen LogP contribution is 2.27. The van der Waals surface area contributed by atoms with E-state index in [-0.39, 0.29) is 0 Å². The molecule has 2 heterocycles. The number of carbonyl (C=O) groups excluding carboxylic acids is 1. The minimum atomic E-state index is -0.420. The van der Waals surface area contributed by atoms with Crippen molar-refractivity contribution in [1.29, 1.82) is 0 Å². The Balaban J connectivity index is 1.58. The molecular weight excluding hydrogens is 432 g/mol. The number of ether oxygens (including phenoxy) is 1. The van der Waals surface area contributed by atoms with Gasteiger partial charge in [0.1, 0.15) is 0 Å². The van der Waals surface area contributed by atoms with Crippen molar-refractivity contribution in [2.45, 2.75) is 26.4 Å². The third-order valence-corrected chi connectivity index (χ3v) is 5.83. The van der Waals surface area contributed by atoms with Crippen molar-refractivity contribution in [2.75, 3.05) is 13.2 Å². The van der Waals surface area contributed by atoms with Crippen LogP contribution in [0.5, 0.6) is 0 Å². The van der Waals surface area contributed by atoms with E-state index in [1.807, 2.05) is 47.1 Å². The van der Waals surface area contributed by atoms with Crippen LogP contribution in [0.2, 0.25) is 5.02 Å². The number of carbonyl (C=O) groups is 1. The van der Waals surface area contributed by atoms with Gasteiger partial charge in [0, 0.05) is 36.6 Å². The van der Waals surface area contributed by atoms with Gasteiger partial charge in [0.05, 0.1) is 18.0 Å². The second-order valence-corrected chi connectivity index (χ2v) is 8.02. The van der Waals surface area contributed by atoms with Crippen molar-refractivity contribution in [1.82, 2.24) is 20.0 Å². The van der Waals surface area contributed by atoms with E-state index in [1.165, 1.54) is 0 Å². The summed E-state index contributed by atoms with van der Waals surface area (Å²) in [4.78, 5) is 14.7.